The third kappa shape index (κ3) is 2.74. The fourth-order valence-electron chi connectivity index (χ4n) is 1.75. The van der Waals surface area contributed by atoms with Gasteiger partial charge >= 0.3 is 0 Å². The number of hydrogen-bond donors (Lipinski definition) is 1. The number of phenols is 1. The van der Waals surface area contributed by atoms with Crippen LogP contribution in [0.2, 0.25) is 5.02 Å². The number of amides is 1. The topological polar surface area (TPSA) is 40.5 Å². The number of rotatable bonds is 2. The van der Waals surface area contributed by atoms with E-state index in [9.17, 15) is 9.90 Å². The Morgan fingerprint density at radius 3 is 2.63 bits per heavy atom. The lowest BCUT2D eigenvalue weighted by Gasteiger charge is -2.08. The molecule has 2 aromatic rings. The molecule has 1 aromatic heterocycles. The summed E-state index contributed by atoms with van der Waals surface area (Å²) in [5, 5.41) is 9.86. The summed E-state index contributed by atoms with van der Waals surface area (Å²) in [4.78, 5) is 15.1. The average Bonchev–Trinajstić information content (AvgIpc) is 2.81. The predicted octanol–water partition coefficient (Wildman–Crippen LogP) is 3.78. The fraction of sp³-hybridized carbons (Fsp3) is 0.214. The number of halogens is 1. The van der Waals surface area contributed by atoms with E-state index in [1.807, 2.05) is 19.1 Å². The highest BCUT2D eigenvalue weighted by Gasteiger charge is 2.14. The number of phenolic OH excluding ortho intramolecular Hbond substituents is 1. The third-order valence-electron chi connectivity index (χ3n) is 2.78. The summed E-state index contributed by atoms with van der Waals surface area (Å²) in [6.45, 7) is 1.90. The van der Waals surface area contributed by atoms with E-state index in [-0.39, 0.29) is 11.7 Å². The summed E-state index contributed by atoms with van der Waals surface area (Å²) >= 11 is 7.35. The van der Waals surface area contributed by atoms with Gasteiger partial charge < -0.3 is 10.0 Å². The Hall–Kier alpha value is -1.52. The molecule has 0 radical (unpaired) electrons. The summed E-state index contributed by atoms with van der Waals surface area (Å²) in [5.74, 6) is 0.0582. The Kier molecular flexibility index (Phi) is 3.83. The molecule has 0 unspecified atom stereocenters. The van der Waals surface area contributed by atoms with Gasteiger partial charge in [-0.3, -0.25) is 4.79 Å². The second-order valence-electron chi connectivity index (χ2n) is 4.48. The highest BCUT2D eigenvalue weighted by Crippen LogP contribution is 2.36. The predicted molar refractivity (Wildman–Crippen MR) is 79.2 cm³/mol. The third-order valence-corrected chi connectivity index (χ3v) is 4.19. The molecule has 0 saturated carbocycles. The smallest absolute Gasteiger partial charge is 0.263 e. The number of benzene rings is 1. The molecule has 0 bridgehead atoms. The maximum absolute atomic E-state index is 11.9. The molecule has 1 amide bonds. The monoisotopic (exact) mass is 295 g/mol. The Balaban J connectivity index is 2.44. The zero-order valence-electron chi connectivity index (χ0n) is 10.9. The van der Waals surface area contributed by atoms with Crippen molar-refractivity contribution in [2.24, 2.45) is 0 Å². The van der Waals surface area contributed by atoms with E-state index >= 15 is 0 Å². The van der Waals surface area contributed by atoms with E-state index < -0.39 is 0 Å². The van der Waals surface area contributed by atoms with Crippen molar-refractivity contribution < 1.29 is 9.90 Å². The second-order valence-corrected chi connectivity index (χ2v) is 5.97. The molecule has 3 nitrogen and oxygen atoms in total. The van der Waals surface area contributed by atoms with Gasteiger partial charge in [-0.15, -0.1) is 11.3 Å². The van der Waals surface area contributed by atoms with Crippen LogP contribution in [-0.4, -0.2) is 30.0 Å². The Morgan fingerprint density at radius 1 is 1.32 bits per heavy atom. The number of carbonyl (C=O) groups is 1. The van der Waals surface area contributed by atoms with Gasteiger partial charge in [0.05, 0.1) is 9.90 Å². The maximum atomic E-state index is 11.9. The van der Waals surface area contributed by atoms with E-state index in [0.29, 0.717) is 9.90 Å². The van der Waals surface area contributed by atoms with Crippen molar-refractivity contribution in [3.8, 4) is 16.2 Å². The molecule has 5 heteroatoms. The summed E-state index contributed by atoms with van der Waals surface area (Å²) in [6.07, 6.45) is 0. The number of thiophene rings is 1. The first-order valence-corrected chi connectivity index (χ1v) is 6.90. The van der Waals surface area contributed by atoms with Crippen LogP contribution < -0.4 is 0 Å². The highest BCUT2D eigenvalue weighted by atomic mass is 35.5. The second kappa shape index (κ2) is 5.23. The lowest BCUT2D eigenvalue weighted by atomic mass is 10.1. The van der Waals surface area contributed by atoms with Crippen LogP contribution in [0.3, 0.4) is 0 Å². The van der Waals surface area contributed by atoms with Crippen molar-refractivity contribution in [2.75, 3.05) is 14.1 Å². The molecule has 2 rings (SSSR count). The van der Waals surface area contributed by atoms with Gasteiger partial charge in [-0.05, 0) is 42.3 Å². The minimum Gasteiger partial charge on any atom is -0.506 e. The number of aromatic hydroxyl groups is 1. The SMILES string of the molecule is Cc1cc(O)c(Cl)cc1-c1ccc(C(=O)N(C)C)s1. The van der Waals surface area contributed by atoms with Crippen molar-refractivity contribution in [2.45, 2.75) is 6.92 Å². The lowest BCUT2D eigenvalue weighted by molar-refractivity contribution is 0.0832. The van der Waals surface area contributed by atoms with Crippen LogP contribution in [0, 0.1) is 6.92 Å². The van der Waals surface area contributed by atoms with Crippen LogP contribution in [-0.2, 0) is 0 Å². The first-order valence-electron chi connectivity index (χ1n) is 5.71. The number of aryl methyl sites for hydroxylation is 1. The van der Waals surface area contributed by atoms with Crippen LogP contribution in [0.15, 0.2) is 24.3 Å². The maximum Gasteiger partial charge on any atom is 0.263 e. The van der Waals surface area contributed by atoms with Crippen molar-refractivity contribution >= 4 is 28.8 Å². The number of hydrogen-bond acceptors (Lipinski definition) is 3. The molecule has 0 aliphatic heterocycles. The Morgan fingerprint density at radius 2 is 2.00 bits per heavy atom. The molecule has 19 heavy (non-hydrogen) atoms. The average molecular weight is 296 g/mol. The van der Waals surface area contributed by atoms with E-state index in [0.717, 1.165) is 16.0 Å². The van der Waals surface area contributed by atoms with Gasteiger partial charge in [-0.2, -0.15) is 0 Å². The fourth-order valence-corrected chi connectivity index (χ4v) is 3.02. The van der Waals surface area contributed by atoms with Gasteiger partial charge in [0, 0.05) is 19.0 Å². The number of nitrogens with zero attached hydrogens (tertiary/aromatic N) is 1. The molecule has 0 aliphatic carbocycles. The van der Waals surface area contributed by atoms with Gasteiger partial charge in [0.25, 0.3) is 5.91 Å². The van der Waals surface area contributed by atoms with Gasteiger partial charge in [-0.25, -0.2) is 0 Å². The van der Waals surface area contributed by atoms with Gasteiger partial charge in [0.15, 0.2) is 0 Å². The van der Waals surface area contributed by atoms with E-state index in [2.05, 4.69) is 0 Å². The van der Waals surface area contributed by atoms with Gasteiger partial charge in [0.2, 0.25) is 0 Å². The van der Waals surface area contributed by atoms with Crippen LogP contribution in [0.5, 0.6) is 5.75 Å². The first kappa shape index (κ1) is 13.9. The van der Waals surface area contributed by atoms with Crippen LogP contribution in [0.4, 0.5) is 0 Å². The summed E-state index contributed by atoms with van der Waals surface area (Å²) in [5.41, 5.74) is 1.86. The molecule has 0 spiro atoms. The van der Waals surface area contributed by atoms with E-state index in [4.69, 9.17) is 11.6 Å². The molecule has 0 atom stereocenters. The standard InChI is InChI=1S/C14H14ClNO2S/c1-8-6-11(17)10(15)7-9(8)12-4-5-13(19-12)14(18)16(2)3/h4-7,17H,1-3H3. The molecular weight excluding hydrogens is 282 g/mol. The van der Waals surface area contributed by atoms with Crippen molar-refractivity contribution in [1.29, 1.82) is 0 Å². The largest absolute Gasteiger partial charge is 0.506 e. The summed E-state index contributed by atoms with van der Waals surface area (Å²) in [7, 11) is 3.45. The molecule has 0 fully saturated rings. The normalized spacial score (nSPS) is 10.5. The van der Waals surface area contributed by atoms with Crippen LogP contribution in [0.1, 0.15) is 15.2 Å². The Labute approximate surface area is 121 Å². The van der Waals surface area contributed by atoms with Gasteiger partial charge in [0.1, 0.15) is 5.75 Å². The number of carbonyl (C=O) groups excluding carboxylic acids is 1. The molecule has 100 valence electrons. The summed E-state index contributed by atoms with van der Waals surface area (Å²) < 4.78 is 0. The molecule has 1 heterocycles. The molecule has 1 N–H and O–H groups in total. The Bertz CT molecular complexity index is 634. The van der Waals surface area contributed by atoms with Crippen molar-refractivity contribution in [1.82, 2.24) is 4.90 Å². The van der Waals surface area contributed by atoms with E-state index in [1.54, 1.807) is 31.1 Å². The van der Waals surface area contributed by atoms with Crippen molar-refractivity contribution in [3.05, 3.63) is 39.7 Å². The molecular formula is C14H14ClNO2S. The molecule has 0 saturated heterocycles. The first-order chi connectivity index (χ1) is 8.90. The molecule has 1 aromatic carbocycles. The summed E-state index contributed by atoms with van der Waals surface area (Å²) in [6, 6.07) is 7.06. The molecule has 0 aliphatic rings. The van der Waals surface area contributed by atoms with Gasteiger partial charge in [-0.1, -0.05) is 11.6 Å². The van der Waals surface area contributed by atoms with Crippen LogP contribution >= 0.6 is 22.9 Å². The highest BCUT2D eigenvalue weighted by molar-refractivity contribution is 7.17. The minimum absolute atomic E-state index is 0.0150. The zero-order chi connectivity index (χ0) is 14.2. The quantitative estimate of drug-likeness (QED) is 0.916. The zero-order valence-corrected chi connectivity index (χ0v) is 12.5. The lowest BCUT2D eigenvalue weighted by Crippen LogP contribution is -2.20. The van der Waals surface area contributed by atoms with Crippen LogP contribution in [0.25, 0.3) is 10.4 Å². The van der Waals surface area contributed by atoms with Crippen molar-refractivity contribution in [3.63, 3.8) is 0 Å². The van der Waals surface area contributed by atoms with E-state index in [1.165, 1.54) is 11.3 Å². The minimum atomic E-state index is -0.0150.